The van der Waals surface area contributed by atoms with Crippen molar-refractivity contribution in [1.29, 1.82) is 0 Å². The Morgan fingerprint density at radius 1 is 0.867 bits per heavy atom. The number of fused-ring (bicyclic) bond motifs is 5. The predicted octanol–water partition coefficient (Wildman–Crippen LogP) is 9.36. The van der Waals surface area contributed by atoms with Crippen molar-refractivity contribution in [2.45, 2.75) is 118 Å². The van der Waals surface area contributed by atoms with Crippen molar-refractivity contribution in [2.24, 2.45) is 45.3 Å². The molecule has 4 rings (SSSR count). The van der Waals surface area contributed by atoms with E-state index in [1.165, 1.54) is 89.0 Å². The third-order valence-corrected chi connectivity index (χ3v) is 12.3. The summed E-state index contributed by atoms with van der Waals surface area (Å²) in [6, 6.07) is 0. The molecule has 4 fully saturated rings. The average molecular weight is 411 g/mol. The highest BCUT2D eigenvalue weighted by Crippen LogP contribution is 2.71. The van der Waals surface area contributed by atoms with E-state index in [0.717, 1.165) is 23.7 Å². The van der Waals surface area contributed by atoms with Gasteiger partial charge in [-0.25, -0.2) is 0 Å². The molecule has 4 saturated carbocycles. The zero-order chi connectivity index (χ0) is 21.8. The first-order chi connectivity index (χ1) is 14.2. The summed E-state index contributed by atoms with van der Waals surface area (Å²) in [5, 5.41) is 0. The van der Waals surface area contributed by atoms with Crippen LogP contribution in [0.25, 0.3) is 0 Å². The third-order valence-electron chi connectivity index (χ3n) is 12.3. The van der Waals surface area contributed by atoms with E-state index in [2.05, 4.69) is 53.9 Å². The molecule has 0 aliphatic heterocycles. The maximum atomic E-state index is 4.50. The van der Waals surface area contributed by atoms with Gasteiger partial charge in [-0.05, 0) is 116 Å². The lowest BCUT2D eigenvalue weighted by atomic mass is 9.39. The fourth-order valence-corrected chi connectivity index (χ4v) is 9.94. The van der Waals surface area contributed by atoms with E-state index >= 15 is 0 Å². The molecule has 0 aromatic rings. The van der Waals surface area contributed by atoms with E-state index in [4.69, 9.17) is 0 Å². The molecule has 0 heterocycles. The van der Waals surface area contributed by atoms with E-state index < -0.39 is 0 Å². The van der Waals surface area contributed by atoms with Gasteiger partial charge in [0.2, 0.25) is 0 Å². The predicted molar refractivity (Wildman–Crippen MR) is 131 cm³/mol. The monoisotopic (exact) mass is 410 g/mol. The van der Waals surface area contributed by atoms with Gasteiger partial charge in [-0.2, -0.15) is 0 Å². The Morgan fingerprint density at radius 3 is 2.20 bits per heavy atom. The lowest BCUT2D eigenvalue weighted by Crippen LogP contribution is -2.57. The molecule has 170 valence electrons. The largest absolute Gasteiger partial charge is 0.103 e. The van der Waals surface area contributed by atoms with Crippen molar-refractivity contribution < 1.29 is 0 Å². The average Bonchev–Trinajstić information content (AvgIpc) is 2.87. The van der Waals surface area contributed by atoms with Crippen molar-refractivity contribution in [3.63, 3.8) is 0 Å². The summed E-state index contributed by atoms with van der Waals surface area (Å²) in [5.41, 5.74) is 3.41. The Kier molecular flexibility index (Phi) is 5.90. The number of hydrogen-bond donors (Lipinski definition) is 0. The summed E-state index contributed by atoms with van der Waals surface area (Å²) >= 11 is 0. The molecule has 30 heavy (non-hydrogen) atoms. The first-order valence-corrected chi connectivity index (χ1v) is 13.5. The van der Waals surface area contributed by atoms with Crippen LogP contribution in [0.1, 0.15) is 118 Å². The number of rotatable bonds is 4. The zero-order valence-corrected chi connectivity index (χ0v) is 21.0. The molecule has 7 atom stereocenters. The standard InChI is InChI=1S/C30H50/c1-8-29(9-2)19-18-28(7)26-15-16-27(6)24(22(4)5)12-11-13-25(27)23(26)14-17-30(28,10-3)21-20-29/h10,23-26H,3-4,8-9,11-21H2,1-2,5-7H3/t23-,24+,25?,26-,27?,28+,30+/m0/s1. The van der Waals surface area contributed by atoms with Crippen molar-refractivity contribution in [3.8, 4) is 0 Å². The third kappa shape index (κ3) is 3.05. The highest BCUT2D eigenvalue weighted by Gasteiger charge is 2.62. The van der Waals surface area contributed by atoms with Crippen LogP contribution in [0.2, 0.25) is 0 Å². The summed E-state index contributed by atoms with van der Waals surface area (Å²) in [4.78, 5) is 0. The Hall–Kier alpha value is -0.520. The van der Waals surface area contributed by atoms with Gasteiger partial charge in [-0.15, -0.1) is 6.58 Å². The summed E-state index contributed by atoms with van der Waals surface area (Å²) in [7, 11) is 0. The van der Waals surface area contributed by atoms with Crippen LogP contribution in [0.4, 0.5) is 0 Å². The van der Waals surface area contributed by atoms with E-state index in [1.54, 1.807) is 0 Å². The molecule has 0 bridgehead atoms. The number of hydrogen-bond acceptors (Lipinski definition) is 0. The van der Waals surface area contributed by atoms with E-state index in [9.17, 15) is 0 Å². The van der Waals surface area contributed by atoms with E-state index in [1.807, 2.05) is 0 Å². The minimum Gasteiger partial charge on any atom is -0.103 e. The molecular weight excluding hydrogens is 360 g/mol. The molecule has 4 aliphatic rings. The minimum atomic E-state index is 0.385. The first kappa shape index (κ1) is 22.7. The van der Waals surface area contributed by atoms with Crippen molar-refractivity contribution >= 4 is 0 Å². The van der Waals surface area contributed by atoms with Gasteiger partial charge in [-0.3, -0.25) is 0 Å². The second-order valence-electron chi connectivity index (χ2n) is 12.8. The molecule has 0 N–H and O–H groups in total. The maximum absolute atomic E-state index is 4.50. The summed E-state index contributed by atoms with van der Waals surface area (Å²) < 4.78 is 0. The lowest BCUT2D eigenvalue weighted by Gasteiger charge is -2.65. The molecular formula is C30H50. The topological polar surface area (TPSA) is 0 Å². The quantitative estimate of drug-likeness (QED) is 0.405. The van der Waals surface area contributed by atoms with Gasteiger partial charge in [-0.1, -0.05) is 65.2 Å². The van der Waals surface area contributed by atoms with Crippen LogP contribution in [0.15, 0.2) is 24.8 Å². The molecule has 0 nitrogen and oxygen atoms in total. The molecule has 0 amide bonds. The summed E-state index contributed by atoms with van der Waals surface area (Å²) in [6.07, 6.45) is 21.0. The molecule has 0 spiro atoms. The van der Waals surface area contributed by atoms with Gasteiger partial charge in [0, 0.05) is 0 Å². The van der Waals surface area contributed by atoms with Crippen molar-refractivity contribution in [1.82, 2.24) is 0 Å². The van der Waals surface area contributed by atoms with Gasteiger partial charge < -0.3 is 0 Å². The Labute approximate surface area is 188 Å². The lowest BCUT2D eigenvalue weighted by molar-refractivity contribution is -0.147. The van der Waals surface area contributed by atoms with E-state index in [-0.39, 0.29) is 0 Å². The highest BCUT2D eigenvalue weighted by molar-refractivity contribution is 5.18. The minimum absolute atomic E-state index is 0.385. The van der Waals surface area contributed by atoms with Crippen molar-refractivity contribution in [3.05, 3.63) is 24.8 Å². The highest BCUT2D eigenvalue weighted by atomic mass is 14.7. The fourth-order valence-electron chi connectivity index (χ4n) is 9.94. The first-order valence-electron chi connectivity index (χ1n) is 13.5. The molecule has 0 aromatic heterocycles. The van der Waals surface area contributed by atoms with Gasteiger partial charge >= 0.3 is 0 Å². The molecule has 0 saturated heterocycles. The number of allylic oxidation sites excluding steroid dienone is 2. The van der Waals surface area contributed by atoms with Crippen molar-refractivity contribution in [2.75, 3.05) is 0 Å². The Morgan fingerprint density at radius 2 is 1.57 bits per heavy atom. The Balaban J connectivity index is 1.69. The van der Waals surface area contributed by atoms with Crippen LogP contribution in [0.5, 0.6) is 0 Å². The van der Waals surface area contributed by atoms with Gasteiger partial charge in [0.15, 0.2) is 0 Å². The van der Waals surface area contributed by atoms with Gasteiger partial charge in [0.25, 0.3) is 0 Å². The smallest absolute Gasteiger partial charge is 0.00641 e. The van der Waals surface area contributed by atoms with Crippen LogP contribution in [-0.2, 0) is 0 Å². The van der Waals surface area contributed by atoms with Gasteiger partial charge in [0.05, 0.1) is 0 Å². The zero-order valence-electron chi connectivity index (χ0n) is 21.0. The Bertz CT molecular complexity index is 668. The molecule has 0 radical (unpaired) electrons. The summed E-state index contributed by atoms with van der Waals surface area (Å²) in [6.45, 7) is 21.6. The molecule has 4 aliphatic carbocycles. The normalized spacial score (nSPS) is 47.9. The van der Waals surface area contributed by atoms with Crippen LogP contribution >= 0.6 is 0 Å². The van der Waals surface area contributed by atoms with Crippen LogP contribution in [0, 0.1) is 45.3 Å². The molecule has 0 heteroatoms. The van der Waals surface area contributed by atoms with E-state index in [0.29, 0.717) is 21.7 Å². The molecule has 0 aromatic carbocycles. The molecule has 2 unspecified atom stereocenters. The summed E-state index contributed by atoms with van der Waals surface area (Å²) in [5.74, 6) is 3.55. The second-order valence-corrected chi connectivity index (χ2v) is 12.8. The maximum Gasteiger partial charge on any atom is -0.00641 e. The van der Waals surface area contributed by atoms with Gasteiger partial charge in [0.1, 0.15) is 0 Å². The SMILES string of the molecule is C=C[C@]12CC[C@H]3C4CCC[C@H](C(=C)C)C4(C)CC[C@@H]3[C@@]1(C)CCC(CC)(CC)CC2. The second kappa shape index (κ2) is 7.81. The fraction of sp³-hybridized carbons (Fsp3) is 0.867. The van der Waals surface area contributed by atoms with Crippen LogP contribution in [0.3, 0.4) is 0 Å². The van der Waals surface area contributed by atoms with Crippen LogP contribution in [-0.4, -0.2) is 0 Å². The van der Waals surface area contributed by atoms with Crippen LogP contribution < -0.4 is 0 Å².